The van der Waals surface area contributed by atoms with Gasteiger partial charge in [-0.25, -0.2) is 8.42 Å². The molecule has 0 N–H and O–H groups in total. The summed E-state index contributed by atoms with van der Waals surface area (Å²) in [5.41, 5.74) is 4.19. The zero-order valence-electron chi connectivity index (χ0n) is 24.4. The van der Waals surface area contributed by atoms with E-state index in [0.29, 0.717) is 50.9 Å². The van der Waals surface area contributed by atoms with Gasteiger partial charge in [0, 0.05) is 37.8 Å². The molecule has 0 amide bonds. The van der Waals surface area contributed by atoms with Crippen molar-refractivity contribution in [3.05, 3.63) is 120 Å². The van der Waals surface area contributed by atoms with Gasteiger partial charge in [0.05, 0.1) is 10.9 Å². The van der Waals surface area contributed by atoms with Gasteiger partial charge in [-0.15, -0.1) is 0 Å². The lowest BCUT2D eigenvalue weighted by Gasteiger charge is -2.39. The number of hydrogen-bond acceptors (Lipinski definition) is 8. The molecule has 224 valence electrons. The summed E-state index contributed by atoms with van der Waals surface area (Å²) < 4.78 is 46.0. The molecule has 2 aliphatic heterocycles. The molecule has 44 heavy (non-hydrogen) atoms. The number of fused-ring (bicyclic) bond motifs is 1. The highest BCUT2D eigenvalue weighted by atomic mass is 32.2. The molecular weight excluding hydrogens is 574 g/mol. The van der Waals surface area contributed by atoms with Crippen LogP contribution in [0.5, 0.6) is 11.5 Å². The Morgan fingerprint density at radius 3 is 2.05 bits per heavy atom. The van der Waals surface area contributed by atoms with Crippen molar-refractivity contribution in [2.75, 3.05) is 44.3 Å². The number of oxazole rings is 1. The van der Waals surface area contributed by atoms with E-state index in [-0.39, 0.29) is 27.7 Å². The Morgan fingerprint density at radius 2 is 1.39 bits per heavy atom. The lowest BCUT2D eigenvalue weighted by molar-refractivity contribution is 0.171. The highest BCUT2D eigenvalue weighted by Crippen LogP contribution is 2.39. The Balaban J connectivity index is 1.23. The monoisotopic (exact) mass is 607 g/mol. The summed E-state index contributed by atoms with van der Waals surface area (Å²) in [7, 11) is -4.06. The van der Waals surface area contributed by atoms with E-state index in [1.165, 1.54) is 23.3 Å². The molecule has 3 heterocycles. The van der Waals surface area contributed by atoms with Crippen molar-refractivity contribution < 1.29 is 22.3 Å². The summed E-state index contributed by atoms with van der Waals surface area (Å²) in [6, 6.07) is 33.4. The van der Waals surface area contributed by atoms with Gasteiger partial charge in [-0.1, -0.05) is 78.4 Å². The summed E-state index contributed by atoms with van der Waals surface area (Å²) in [5, 5.41) is -0.0956. The minimum Gasteiger partial charge on any atom is -0.486 e. The van der Waals surface area contributed by atoms with Crippen LogP contribution in [0.1, 0.15) is 22.7 Å². The van der Waals surface area contributed by atoms with Crippen LogP contribution in [0.4, 0.5) is 5.88 Å². The van der Waals surface area contributed by atoms with Gasteiger partial charge in [0.15, 0.2) is 11.5 Å². The average molecular weight is 608 g/mol. The fourth-order valence-corrected chi connectivity index (χ4v) is 7.28. The number of ether oxygens (including phenoxy) is 2. The van der Waals surface area contributed by atoms with Crippen LogP contribution in [-0.4, -0.2) is 57.7 Å². The minimum absolute atomic E-state index is 0.0815. The van der Waals surface area contributed by atoms with Gasteiger partial charge in [0.25, 0.3) is 0 Å². The van der Waals surface area contributed by atoms with E-state index in [2.05, 4.69) is 58.4 Å². The van der Waals surface area contributed by atoms with Crippen LogP contribution >= 0.6 is 0 Å². The molecule has 0 atom stereocenters. The SMILES string of the molecule is Cc1cccc(-c2nc(S(=O)(=O)c3ccc4c(c3)OCCO4)c(N3CCN(C(c4ccccc4)c4ccccc4)CC3)o2)c1. The van der Waals surface area contributed by atoms with Crippen molar-refractivity contribution in [1.82, 2.24) is 9.88 Å². The van der Waals surface area contributed by atoms with Crippen LogP contribution in [0.15, 0.2) is 117 Å². The predicted molar refractivity (Wildman–Crippen MR) is 168 cm³/mol. The summed E-state index contributed by atoms with van der Waals surface area (Å²) in [4.78, 5) is 9.15. The van der Waals surface area contributed by atoms with Crippen LogP contribution in [0.25, 0.3) is 11.5 Å². The van der Waals surface area contributed by atoms with Gasteiger partial charge >= 0.3 is 0 Å². The number of anilines is 1. The predicted octanol–water partition coefficient (Wildman–Crippen LogP) is 6.17. The van der Waals surface area contributed by atoms with E-state index >= 15 is 0 Å². The number of aromatic nitrogens is 1. The molecule has 0 saturated carbocycles. The first-order chi connectivity index (χ1) is 21.5. The molecule has 0 radical (unpaired) electrons. The standard InChI is InChI=1S/C35H33N3O5S/c1-25-9-8-14-28(23-25)33-36-34(44(39,40)29-15-16-30-31(24-29)42-22-21-41-30)35(43-33)38-19-17-37(18-20-38)32(26-10-4-2-5-11-26)27-12-6-3-7-13-27/h2-16,23-24,32H,17-22H2,1H3. The molecule has 4 aromatic carbocycles. The Hall–Kier alpha value is -4.60. The van der Waals surface area contributed by atoms with Crippen molar-refractivity contribution in [2.45, 2.75) is 22.9 Å². The molecule has 1 saturated heterocycles. The molecule has 5 aromatic rings. The highest BCUT2D eigenvalue weighted by Gasteiger charge is 2.35. The first kappa shape index (κ1) is 28.2. The third-order valence-electron chi connectivity index (χ3n) is 8.12. The van der Waals surface area contributed by atoms with Crippen LogP contribution < -0.4 is 14.4 Å². The molecule has 0 unspecified atom stereocenters. The Labute approximate surface area is 257 Å². The van der Waals surface area contributed by atoms with Gasteiger partial charge in [-0.2, -0.15) is 4.98 Å². The third kappa shape index (κ3) is 5.44. The maximum atomic E-state index is 14.2. The van der Waals surface area contributed by atoms with Crippen molar-refractivity contribution in [2.24, 2.45) is 0 Å². The number of rotatable bonds is 7. The van der Waals surface area contributed by atoms with Gasteiger partial charge in [0.1, 0.15) is 13.2 Å². The highest BCUT2D eigenvalue weighted by molar-refractivity contribution is 7.91. The second-order valence-electron chi connectivity index (χ2n) is 11.1. The number of aryl methyl sites for hydroxylation is 1. The third-order valence-corrected chi connectivity index (χ3v) is 9.77. The lowest BCUT2D eigenvalue weighted by atomic mass is 9.96. The van der Waals surface area contributed by atoms with E-state index in [4.69, 9.17) is 13.9 Å². The largest absolute Gasteiger partial charge is 0.486 e. The average Bonchev–Trinajstić information content (AvgIpc) is 3.53. The quantitative estimate of drug-likeness (QED) is 0.217. The molecule has 8 nitrogen and oxygen atoms in total. The van der Waals surface area contributed by atoms with E-state index in [9.17, 15) is 8.42 Å². The van der Waals surface area contributed by atoms with Crippen molar-refractivity contribution in [1.29, 1.82) is 0 Å². The molecule has 9 heteroatoms. The van der Waals surface area contributed by atoms with Gasteiger partial charge < -0.3 is 18.8 Å². The fraction of sp³-hybridized carbons (Fsp3) is 0.229. The normalized spacial score (nSPS) is 15.5. The van der Waals surface area contributed by atoms with Crippen LogP contribution in [0.3, 0.4) is 0 Å². The molecule has 2 aliphatic rings. The number of nitrogens with zero attached hydrogens (tertiary/aromatic N) is 3. The van der Waals surface area contributed by atoms with Gasteiger partial charge in [-0.05, 0) is 42.3 Å². The molecule has 0 aliphatic carbocycles. The lowest BCUT2D eigenvalue weighted by Crippen LogP contribution is -2.48. The first-order valence-corrected chi connectivity index (χ1v) is 16.3. The van der Waals surface area contributed by atoms with Crippen molar-refractivity contribution in [3.63, 3.8) is 0 Å². The van der Waals surface area contributed by atoms with E-state index in [1.54, 1.807) is 6.07 Å². The Kier molecular flexibility index (Phi) is 7.57. The van der Waals surface area contributed by atoms with Crippen molar-refractivity contribution in [3.8, 4) is 23.0 Å². The molecule has 1 fully saturated rings. The molecule has 0 bridgehead atoms. The number of benzene rings is 4. The molecule has 0 spiro atoms. The first-order valence-electron chi connectivity index (χ1n) is 14.8. The van der Waals surface area contributed by atoms with Crippen LogP contribution in [-0.2, 0) is 9.84 Å². The number of piperazine rings is 1. The summed E-state index contributed by atoms with van der Waals surface area (Å²) in [6.45, 7) is 5.32. The number of hydrogen-bond donors (Lipinski definition) is 0. The Bertz CT molecular complexity index is 1830. The second kappa shape index (κ2) is 11.8. The maximum absolute atomic E-state index is 14.2. The van der Waals surface area contributed by atoms with Crippen molar-refractivity contribution >= 4 is 15.7 Å². The number of sulfone groups is 1. The van der Waals surface area contributed by atoms with Crippen LogP contribution in [0.2, 0.25) is 0 Å². The Morgan fingerprint density at radius 1 is 0.727 bits per heavy atom. The zero-order chi connectivity index (χ0) is 30.1. The van der Waals surface area contributed by atoms with E-state index in [0.717, 1.165) is 11.1 Å². The summed E-state index contributed by atoms with van der Waals surface area (Å²) in [6.07, 6.45) is 0. The fourth-order valence-electron chi connectivity index (χ4n) is 5.94. The van der Waals surface area contributed by atoms with E-state index in [1.807, 2.05) is 48.2 Å². The molecule has 7 rings (SSSR count). The van der Waals surface area contributed by atoms with E-state index < -0.39 is 9.84 Å². The minimum atomic E-state index is -4.06. The second-order valence-corrected chi connectivity index (χ2v) is 12.9. The molecular formula is C35H33N3O5S. The summed E-state index contributed by atoms with van der Waals surface area (Å²) in [5.74, 6) is 1.46. The topological polar surface area (TPSA) is 85.1 Å². The van der Waals surface area contributed by atoms with Crippen LogP contribution in [0, 0.1) is 6.92 Å². The van der Waals surface area contributed by atoms with Gasteiger partial charge in [0.2, 0.25) is 26.6 Å². The summed E-state index contributed by atoms with van der Waals surface area (Å²) >= 11 is 0. The molecule has 1 aromatic heterocycles. The zero-order valence-corrected chi connectivity index (χ0v) is 25.2. The maximum Gasteiger partial charge on any atom is 0.236 e. The van der Waals surface area contributed by atoms with Gasteiger partial charge in [-0.3, -0.25) is 4.90 Å². The smallest absolute Gasteiger partial charge is 0.236 e.